The zero-order chi connectivity index (χ0) is 27.8. The highest BCUT2D eigenvalue weighted by Gasteiger charge is 2.51. The summed E-state index contributed by atoms with van der Waals surface area (Å²) in [7, 11) is -0.459. The average molecular weight is 511 g/mol. The summed E-state index contributed by atoms with van der Waals surface area (Å²) in [4.78, 5) is 27.9. The van der Waals surface area contributed by atoms with E-state index in [9.17, 15) is 14.9 Å². The Morgan fingerprint density at radius 2 is 1.70 bits per heavy atom. The fourth-order valence-electron chi connectivity index (χ4n) is 4.75. The van der Waals surface area contributed by atoms with Crippen LogP contribution in [0.1, 0.15) is 80.7 Å². The summed E-state index contributed by atoms with van der Waals surface area (Å²) in [6.07, 6.45) is 1.45. The Kier molecular flexibility index (Phi) is 8.36. The molecular formula is C28H42BN3O5. The zero-order valence-electron chi connectivity index (χ0n) is 23.8. The van der Waals surface area contributed by atoms with Gasteiger partial charge in [-0.1, -0.05) is 31.2 Å². The van der Waals surface area contributed by atoms with Gasteiger partial charge in [-0.05, 0) is 85.2 Å². The number of hydrogen-bond donors (Lipinski definition) is 1. The molecule has 3 rings (SSSR count). The van der Waals surface area contributed by atoms with E-state index in [4.69, 9.17) is 14.0 Å². The molecule has 0 aromatic heterocycles. The Labute approximate surface area is 222 Å². The number of rotatable bonds is 5. The van der Waals surface area contributed by atoms with E-state index in [2.05, 4.69) is 11.4 Å². The normalized spacial score (nSPS) is 25.8. The van der Waals surface area contributed by atoms with Crippen molar-refractivity contribution in [3.05, 3.63) is 29.8 Å². The van der Waals surface area contributed by atoms with Crippen LogP contribution < -0.4 is 10.8 Å². The van der Waals surface area contributed by atoms with Gasteiger partial charge in [-0.15, -0.1) is 0 Å². The number of nitrogens with one attached hydrogen (secondary N) is 1. The molecule has 0 spiro atoms. The van der Waals surface area contributed by atoms with Gasteiger partial charge in [-0.2, -0.15) is 5.26 Å². The molecule has 2 saturated heterocycles. The lowest BCUT2D eigenvalue weighted by Crippen LogP contribution is -2.60. The maximum Gasteiger partial charge on any atom is 0.494 e. The fourth-order valence-corrected chi connectivity index (χ4v) is 4.75. The molecule has 0 aliphatic carbocycles. The molecule has 2 fully saturated rings. The van der Waals surface area contributed by atoms with Crippen LogP contribution in [-0.4, -0.2) is 58.9 Å². The van der Waals surface area contributed by atoms with Crippen LogP contribution in [0.5, 0.6) is 0 Å². The lowest BCUT2D eigenvalue weighted by atomic mass is 9.78. The second kappa shape index (κ2) is 10.7. The second-order valence-electron chi connectivity index (χ2n) is 12.5. The number of likely N-dealkylation sites (tertiary alicyclic amines) is 1. The Balaban J connectivity index is 1.68. The summed E-state index contributed by atoms with van der Waals surface area (Å²) in [6, 6.07) is 8.36. The Hall–Kier alpha value is -2.57. The number of carbonyl (C=O) groups is 2. The first-order valence-electron chi connectivity index (χ1n) is 13.2. The lowest BCUT2D eigenvalue weighted by molar-refractivity contribution is -0.131. The number of benzene rings is 1. The van der Waals surface area contributed by atoms with E-state index in [1.807, 2.05) is 86.6 Å². The van der Waals surface area contributed by atoms with Gasteiger partial charge < -0.3 is 19.4 Å². The van der Waals surface area contributed by atoms with E-state index < -0.39 is 42.1 Å². The number of carbonyl (C=O) groups excluding carboxylic acids is 2. The largest absolute Gasteiger partial charge is 0.494 e. The smallest absolute Gasteiger partial charge is 0.444 e. The molecule has 37 heavy (non-hydrogen) atoms. The van der Waals surface area contributed by atoms with Crippen molar-refractivity contribution in [2.75, 3.05) is 0 Å². The minimum Gasteiger partial charge on any atom is -0.444 e. The summed E-state index contributed by atoms with van der Waals surface area (Å²) in [5.41, 5.74) is 0.292. The van der Waals surface area contributed by atoms with Gasteiger partial charge in [-0.3, -0.25) is 9.69 Å². The number of hydrogen-bond acceptors (Lipinski definition) is 6. The minimum absolute atomic E-state index is 0.0535. The van der Waals surface area contributed by atoms with Crippen molar-refractivity contribution in [1.29, 1.82) is 5.26 Å². The van der Waals surface area contributed by atoms with Crippen molar-refractivity contribution in [1.82, 2.24) is 10.2 Å². The number of piperidine rings is 1. The van der Waals surface area contributed by atoms with Gasteiger partial charge in [0.2, 0.25) is 5.91 Å². The number of nitriles is 1. The minimum atomic E-state index is -0.736. The van der Waals surface area contributed by atoms with Gasteiger partial charge in [0.15, 0.2) is 0 Å². The highest BCUT2D eigenvalue weighted by atomic mass is 16.7. The average Bonchev–Trinajstić information content (AvgIpc) is 3.00. The molecular weight excluding hydrogens is 469 g/mol. The Morgan fingerprint density at radius 1 is 1.14 bits per heavy atom. The molecule has 202 valence electrons. The summed E-state index contributed by atoms with van der Waals surface area (Å²) in [6.45, 7) is 17.4. The molecule has 8 nitrogen and oxygen atoms in total. The van der Waals surface area contributed by atoms with Crippen LogP contribution >= 0.6 is 0 Å². The first-order valence-corrected chi connectivity index (χ1v) is 13.2. The predicted octanol–water partition coefficient (Wildman–Crippen LogP) is 3.96. The quantitative estimate of drug-likeness (QED) is 0.601. The van der Waals surface area contributed by atoms with Crippen molar-refractivity contribution >= 4 is 24.6 Å². The summed E-state index contributed by atoms with van der Waals surface area (Å²) in [5, 5.41) is 12.7. The van der Waals surface area contributed by atoms with Crippen LogP contribution in [0.15, 0.2) is 24.3 Å². The van der Waals surface area contributed by atoms with Crippen LogP contribution in [0.25, 0.3) is 0 Å². The Bertz CT molecular complexity index is 1010. The molecule has 2 aliphatic rings. The Morgan fingerprint density at radius 3 is 2.22 bits per heavy atom. The van der Waals surface area contributed by atoms with Gasteiger partial charge in [0, 0.05) is 12.5 Å². The van der Waals surface area contributed by atoms with Crippen molar-refractivity contribution in [2.45, 2.75) is 117 Å². The maximum absolute atomic E-state index is 13.4. The third-order valence-electron chi connectivity index (χ3n) is 7.64. The summed E-state index contributed by atoms with van der Waals surface area (Å²) < 4.78 is 17.8. The third-order valence-corrected chi connectivity index (χ3v) is 7.64. The highest BCUT2D eigenvalue weighted by Crippen LogP contribution is 2.36. The van der Waals surface area contributed by atoms with Crippen LogP contribution in [0.2, 0.25) is 0 Å². The SMILES string of the molecule is C[C@@H]1CC[C@H](C)N(C(=O)OC(C)(C)C)[C@@H]1C(=O)N[C@H](C#N)Cc1ccc(B2OC(C)(C)C(C)(C)O2)cc1. The van der Waals surface area contributed by atoms with Crippen LogP contribution in [0.4, 0.5) is 4.79 Å². The van der Waals surface area contributed by atoms with Crippen molar-refractivity contribution in [3.63, 3.8) is 0 Å². The van der Waals surface area contributed by atoms with Crippen LogP contribution in [0.3, 0.4) is 0 Å². The molecule has 1 aromatic rings. The monoisotopic (exact) mass is 511 g/mol. The van der Waals surface area contributed by atoms with Crippen molar-refractivity contribution < 1.29 is 23.6 Å². The molecule has 4 atom stereocenters. The van der Waals surface area contributed by atoms with E-state index in [0.717, 1.165) is 23.9 Å². The predicted molar refractivity (Wildman–Crippen MR) is 143 cm³/mol. The molecule has 2 amide bonds. The van der Waals surface area contributed by atoms with Gasteiger partial charge in [0.25, 0.3) is 0 Å². The van der Waals surface area contributed by atoms with E-state index >= 15 is 0 Å². The molecule has 1 N–H and O–H groups in total. The van der Waals surface area contributed by atoms with E-state index in [1.165, 1.54) is 0 Å². The van der Waals surface area contributed by atoms with E-state index in [1.54, 1.807) is 4.90 Å². The van der Waals surface area contributed by atoms with E-state index in [-0.39, 0.29) is 17.9 Å². The standard InChI is InChI=1S/C28H42BN3O5/c1-18-10-11-19(2)32(25(34)35-26(3,4)5)23(18)24(33)31-22(17-30)16-20-12-14-21(15-13-20)29-36-27(6,7)28(8,9)37-29/h12-15,18-19,22-23H,10-11,16H2,1-9H3,(H,31,33)/t18-,19+,22+,23+/m1/s1. The lowest BCUT2D eigenvalue weighted by Gasteiger charge is -2.43. The topological polar surface area (TPSA) is 101 Å². The molecule has 0 saturated carbocycles. The number of amides is 2. The second-order valence-corrected chi connectivity index (χ2v) is 12.5. The molecule has 1 aromatic carbocycles. The van der Waals surface area contributed by atoms with Gasteiger partial charge >= 0.3 is 13.2 Å². The molecule has 0 bridgehead atoms. The molecule has 0 radical (unpaired) electrons. The fraction of sp³-hybridized carbons (Fsp3) is 0.679. The molecule has 0 unspecified atom stereocenters. The number of nitrogens with zero attached hydrogens (tertiary/aromatic N) is 2. The van der Waals surface area contributed by atoms with Crippen molar-refractivity contribution in [3.8, 4) is 6.07 Å². The van der Waals surface area contributed by atoms with Gasteiger partial charge in [0.1, 0.15) is 17.7 Å². The highest BCUT2D eigenvalue weighted by molar-refractivity contribution is 6.62. The van der Waals surface area contributed by atoms with E-state index in [0.29, 0.717) is 6.42 Å². The first-order chi connectivity index (χ1) is 17.0. The third kappa shape index (κ3) is 6.66. The maximum atomic E-state index is 13.4. The summed E-state index contributed by atoms with van der Waals surface area (Å²) in [5.74, 6) is -0.382. The van der Waals surface area contributed by atoms with Crippen LogP contribution in [0, 0.1) is 17.2 Å². The molecule has 2 heterocycles. The van der Waals surface area contributed by atoms with Crippen molar-refractivity contribution in [2.24, 2.45) is 5.92 Å². The first kappa shape index (κ1) is 29.0. The number of ether oxygens (including phenoxy) is 1. The molecule has 9 heteroatoms. The summed E-state index contributed by atoms with van der Waals surface area (Å²) >= 11 is 0. The van der Waals surface area contributed by atoms with Gasteiger partial charge in [-0.25, -0.2) is 4.79 Å². The van der Waals surface area contributed by atoms with Crippen LogP contribution in [-0.2, 0) is 25.3 Å². The van der Waals surface area contributed by atoms with Gasteiger partial charge in [0.05, 0.1) is 17.3 Å². The molecule has 2 aliphatic heterocycles. The zero-order valence-corrected chi connectivity index (χ0v) is 23.8.